The van der Waals surface area contributed by atoms with Gasteiger partial charge < -0.3 is 5.32 Å². The molecule has 5 rings (SSSR count). The normalized spacial score (nSPS) is 15.2. The summed E-state index contributed by atoms with van der Waals surface area (Å²) in [6, 6.07) is 9.73. The highest BCUT2D eigenvalue weighted by Gasteiger charge is 2.27. The fourth-order valence-corrected chi connectivity index (χ4v) is 7.34. The van der Waals surface area contributed by atoms with Crippen molar-refractivity contribution < 1.29 is 17.4 Å². The molecule has 1 aliphatic heterocycles. The van der Waals surface area contributed by atoms with Crippen molar-refractivity contribution in [3.8, 4) is 21.8 Å². The molecule has 0 bridgehead atoms. The molecule has 1 fully saturated rings. The average molecular weight is 604 g/mol. The first-order chi connectivity index (χ1) is 19.1. The van der Waals surface area contributed by atoms with Gasteiger partial charge in [-0.1, -0.05) is 32.9 Å². The standard InChI is InChI=1S/C28H28F3N5OS3/c1-28(2,3)26-35-23(24(39-26)21-10-13-32-27(34-21)33-16-11-14-38-15-12-16)17-6-4-9-20(22(17)31)36-40(37)25-18(29)7-5-8-19(25)30/h4-10,13,16,36H,11-12,14-15H2,1-3H3,(H,32,33,34). The second-order valence-electron chi connectivity index (χ2n) is 10.3. The number of halogens is 3. The molecule has 210 valence electrons. The quantitative estimate of drug-likeness (QED) is 0.229. The summed E-state index contributed by atoms with van der Waals surface area (Å²) in [6.45, 7) is 6.07. The van der Waals surface area contributed by atoms with E-state index in [4.69, 9.17) is 9.97 Å². The SMILES string of the molecule is CC(C)(C)c1nc(-c2cccc(NS(=O)c3c(F)cccc3F)c2F)c(-c2ccnc(NC3CCSCC3)n2)s1. The molecule has 0 radical (unpaired) electrons. The Kier molecular flexibility index (Phi) is 8.48. The largest absolute Gasteiger partial charge is 0.351 e. The summed E-state index contributed by atoms with van der Waals surface area (Å²) in [4.78, 5) is 13.9. The Labute approximate surface area is 241 Å². The molecule has 1 atom stereocenters. The van der Waals surface area contributed by atoms with Gasteiger partial charge in [-0.3, -0.25) is 4.72 Å². The topological polar surface area (TPSA) is 79.8 Å². The Balaban J connectivity index is 1.53. The molecule has 1 unspecified atom stereocenters. The summed E-state index contributed by atoms with van der Waals surface area (Å²) in [6.07, 6.45) is 3.73. The number of nitrogens with zero attached hydrogens (tertiary/aromatic N) is 3. The summed E-state index contributed by atoms with van der Waals surface area (Å²) < 4.78 is 59.6. The summed E-state index contributed by atoms with van der Waals surface area (Å²) >= 11 is 3.36. The van der Waals surface area contributed by atoms with E-state index in [0.717, 1.165) is 41.5 Å². The summed E-state index contributed by atoms with van der Waals surface area (Å²) in [5, 5.41) is 4.21. The minimum atomic E-state index is -2.38. The molecular weight excluding hydrogens is 576 g/mol. The van der Waals surface area contributed by atoms with Gasteiger partial charge in [-0.05, 0) is 54.7 Å². The van der Waals surface area contributed by atoms with Crippen LogP contribution in [0.2, 0.25) is 0 Å². The lowest BCUT2D eigenvalue weighted by Gasteiger charge is -2.22. The van der Waals surface area contributed by atoms with E-state index in [-0.39, 0.29) is 16.7 Å². The van der Waals surface area contributed by atoms with Gasteiger partial charge in [-0.15, -0.1) is 11.3 Å². The number of aromatic nitrogens is 3. The highest BCUT2D eigenvalue weighted by molar-refractivity contribution is 7.99. The number of anilines is 2. The maximum atomic E-state index is 16.0. The van der Waals surface area contributed by atoms with Gasteiger partial charge in [-0.2, -0.15) is 11.8 Å². The van der Waals surface area contributed by atoms with E-state index in [0.29, 0.717) is 28.3 Å². The molecule has 6 nitrogen and oxygen atoms in total. The van der Waals surface area contributed by atoms with Crippen molar-refractivity contribution in [1.29, 1.82) is 0 Å². The molecule has 12 heteroatoms. The molecule has 2 aromatic heterocycles. The molecule has 0 amide bonds. The maximum absolute atomic E-state index is 16.0. The van der Waals surface area contributed by atoms with E-state index < -0.39 is 33.3 Å². The minimum Gasteiger partial charge on any atom is -0.351 e. The van der Waals surface area contributed by atoms with Gasteiger partial charge in [0, 0.05) is 23.2 Å². The van der Waals surface area contributed by atoms with Crippen LogP contribution in [0.1, 0.15) is 38.6 Å². The zero-order valence-corrected chi connectivity index (χ0v) is 24.6. The van der Waals surface area contributed by atoms with Crippen molar-refractivity contribution >= 4 is 45.7 Å². The van der Waals surface area contributed by atoms with Crippen LogP contribution < -0.4 is 10.0 Å². The minimum absolute atomic E-state index is 0.148. The summed E-state index contributed by atoms with van der Waals surface area (Å²) in [5.74, 6) is -0.0404. The molecule has 0 saturated carbocycles. The Morgan fingerprint density at radius 2 is 1.68 bits per heavy atom. The number of thiazole rings is 1. The van der Waals surface area contributed by atoms with E-state index in [1.54, 1.807) is 24.4 Å². The number of nitrogens with one attached hydrogen (secondary N) is 2. The highest BCUT2D eigenvalue weighted by atomic mass is 32.2. The first-order valence-corrected chi connectivity index (χ1v) is 15.8. The molecule has 0 spiro atoms. The molecule has 3 heterocycles. The third-order valence-corrected chi connectivity index (χ3v) is 9.99. The molecule has 1 saturated heterocycles. The van der Waals surface area contributed by atoms with Crippen LogP contribution in [0, 0.1) is 17.5 Å². The van der Waals surface area contributed by atoms with Crippen molar-refractivity contribution in [2.75, 3.05) is 21.5 Å². The third kappa shape index (κ3) is 6.18. The number of hydrogen-bond acceptors (Lipinski definition) is 7. The van der Waals surface area contributed by atoms with Gasteiger partial charge >= 0.3 is 0 Å². The molecular formula is C28H28F3N5OS3. The number of hydrogen-bond donors (Lipinski definition) is 2. The smallest absolute Gasteiger partial charge is 0.223 e. The Hall–Kier alpha value is -2.96. The molecule has 1 aliphatic rings. The predicted octanol–water partition coefficient (Wildman–Crippen LogP) is 7.42. The fourth-order valence-electron chi connectivity index (χ4n) is 4.18. The van der Waals surface area contributed by atoms with Crippen LogP contribution in [0.25, 0.3) is 21.8 Å². The van der Waals surface area contributed by atoms with Gasteiger partial charge in [0.1, 0.15) is 16.5 Å². The van der Waals surface area contributed by atoms with Gasteiger partial charge in [0.05, 0.1) is 27.0 Å². The summed E-state index contributed by atoms with van der Waals surface area (Å²) in [5.41, 5.74) is 0.630. The predicted molar refractivity (Wildman–Crippen MR) is 158 cm³/mol. The van der Waals surface area contributed by atoms with Crippen LogP contribution in [0.5, 0.6) is 0 Å². The third-order valence-electron chi connectivity index (χ3n) is 6.27. The molecule has 40 heavy (non-hydrogen) atoms. The lowest BCUT2D eigenvalue weighted by atomic mass is 9.98. The zero-order chi connectivity index (χ0) is 28.4. The van der Waals surface area contributed by atoms with E-state index >= 15 is 4.39 Å². The second kappa shape index (κ2) is 11.9. The van der Waals surface area contributed by atoms with Crippen molar-refractivity contribution in [1.82, 2.24) is 15.0 Å². The highest BCUT2D eigenvalue weighted by Crippen LogP contribution is 2.42. The Morgan fingerprint density at radius 1 is 0.975 bits per heavy atom. The lowest BCUT2D eigenvalue weighted by molar-refractivity contribution is 0.535. The first kappa shape index (κ1) is 28.6. The van der Waals surface area contributed by atoms with E-state index in [2.05, 4.69) is 15.0 Å². The Morgan fingerprint density at radius 3 is 2.38 bits per heavy atom. The lowest BCUT2D eigenvalue weighted by Crippen LogP contribution is -2.25. The average Bonchev–Trinajstić information content (AvgIpc) is 3.37. The van der Waals surface area contributed by atoms with Crippen LogP contribution in [0.4, 0.5) is 24.8 Å². The zero-order valence-electron chi connectivity index (χ0n) is 22.1. The van der Waals surface area contributed by atoms with Crippen LogP contribution >= 0.6 is 23.1 Å². The molecule has 2 aromatic carbocycles. The molecule has 2 N–H and O–H groups in total. The Bertz CT molecular complexity index is 1530. The fraction of sp³-hybridized carbons (Fsp3) is 0.321. The van der Waals surface area contributed by atoms with Gasteiger partial charge in [0.2, 0.25) is 5.95 Å². The second-order valence-corrected chi connectivity index (χ2v) is 13.7. The van der Waals surface area contributed by atoms with Crippen LogP contribution in [-0.2, 0) is 16.4 Å². The maximum Gasteiger partial charge on any atom is 0.223 e. The van der Waals surface area contributed by atoms with Crippen LogP contribution in [0.15, 0.2) is 53.6 Å². The van der Waals surface area contributed by atoms with Gasteiger partial charge in [0.25, 0.3) is 0 Å². The monoisotopic (exact) mass is 603 g/mol. The number of benzene rings is 2. The summed E-state index contributed by atoms with van der Waals surface area (Å²) in [7, 11) is -2.38. The van der Waals surface area contributed by atoms with E-state index in [1.165, 1.54) is 23.5 Å². The molecule has 4 aromatic rings. The van der Waals surface area contributed by atoms with Crippen molar-refractivity contribution in [2.45, 2.75) is 50.0 Å². The van der Waals surface area contributed by atoms with Crippen LogP contribution in [-0.4, -0.2) is 36.7 Å². The number of rotatable bonds is 7. The van der Waals surface area contributed by atoms with E-state index in [1.807, 2.05) is 32.5 Å². The van der Waals surface area contributed by atoms with Gasteiger partial charge in [0.15, 0.2) is 16.8 Å². The van der Waals surface area contributed by atoms with Crippen molar-refractivity contribution in [2.24, 2.45) is 0 Å². The van der Waals surface area contributed by atoms with Crippen molar-refractivity contribution in [3.63, 3.8) is 0 Å². The number of thioether (sulfide) groups is 1. The first-order valence-electron chi connectivity index (χ1n) is 12.7. The van der Waals surface area contributed by atoms with Gasteiger partial charge in [-0.25, -0.2) is 32.3 Å². The van der Waals surface area contributed by atoms with E-state index in [9.17, 15) is 13.0 Å². The van der Waals surface area contributed by atoms with Crippen molar-refractivity contribution in [3.05, 3.63) is 71.1 Å². The van der Waals surface area contributed by atoms with Crippen LogP contribution in [0.3, 0.4) is 0 Å². The molecule has 0 aliphatic carbocycles.